The van der Waals surface area contributed by atoms with Crippen molar-refractivity contribution >= 4 is 5.91 Å². The fourth-order valence-corrected chi connectivity index (χ4v) is 1.08. The predicted molar refractivity (Wildman–Crippen MR) is 64.8 cm³/mol. The van der Waals surface area contributed by atoms with Crippen LogP contribution in [0.5, 0.6) is 0 Å². The molecule has 0 saturated carbocycles. The zero-order valence-corrected chi connectivity index (χ0v) is 10.8. The van der Waals surface area contributed by atoms with E-state index in [0.29, 0.717) is 18.4 Å². The molecule has 0 fully saturated rings. The smallest absolute Gasteiger partial charge is 0.234 e. The third-order valence-corrected chi connectivity index (χ3v) is 2.91. The van der Waals surface area contributed by atoms with Gasteiger partial charge in [-0.2, -0.15) is 0 Å². The molecule has 2 N–H and O–H groups in total. The summed E-state index contributed by atoms with van der Waals surface area (Å²) in [6.45, 7) is 12.0. The molecular formula is C12H26N2O. The molecule has 0 aliphatic carbocycles. The average Bonchev–Trinajstić information content (AvgIpc) is 2.17. The maximum atomic E-state index is 11.4. The van der Waals surface area contributed by atoms with Crippen LogP contribution in [0, 0.1) is 11.8 Å². The molecule has 0 aromatic rings. The second kappa shape index (κ2) is 7.69. The fourth-order valence-electron chi connectivity index (χ4n) is 1.08. The molecule has 0 aliphatic heterocycles. The summed E-state index contributed by atoms with van der Waals surface area (Å²) in [6.07, 6.45) is 0.980. The minimum atomic E-state index is 0.0975. The van der Waals surface area contributed by atoms with Gasteiger partial charge in [0.1, 0.15) is 0 Å². The number of hydrogen-bond donors (Lipinski definition) is 2. The average molecular weight is 214 g/mol. The number of amides is 1. The van der Waals surface area contributed by atoms with Gasteiger partial charge in [0.25, 0.3) is 0 Å². The molecule has 2 atom stereocenters. The van der Waals surface area contributed by atoms with E-state index in [1.165, 1.54) is 0 Å². The van der Waals surface area contributed by atoms with Crippen molar-refractivity contribution in [3.8, 4) is 0 Å². The van der Waals surface area contributed by atoms with Gasteiger partial charge in [0.2, 0.25) is 5.91 Å². The van der Waals surface area contributed by atoms with Gasteiger partial charge in [-0.15, -0.1) is 0 Å². The van der Waals surface area contributed by atoms with Crippen LogP contribution in [-0.4, -0.2) is 25.0 Å². The first kappa shape index (κ1) is 14.4. The van der Waals surface area contributed by atoms with Crippen molar-refractivity contribution in [2.45, 2.75) is 47.1 Å². The van der Waals surface area contributed by atoms with E-state index in [9.17, 15) is 4.79 Å². The minimum Gasteiger partial charge on any atom is -0.353 e. The lowest BCUT2D eigenvalue weighted by Crippen LogP contribution is -2.40. The molecule has 0 radical (unpaired) electrons. The quantitative estimate of drug-likeness (QED) is 0.678. The highest BCUT2D eigenvalue weighted by Gasteiger charge is 2.08. The summed E-state index contributed by atoms with van der Waals surface area (Å²) >= 11 is 0. The van der Waals surface area contributed by atoms with Gasteiger partial charge in [-0.25, -0.2) is 0 Å². The van der Waals surface area contributed by atoms with Gasteiger partial charge in [-0.1, -0.05) is 27.7 Å². The molecular weight excluding hydrogens is 188 g/mol. The molecule has 15 heavy (non-hydrogen) atoms. The molecule has 0 saturated heterocycles. The van der Waals surface area contributed by atoms with E-state index in [1.807, 2.05) is 6.92 Å². The molecule has 0 bridgehead atoms. The maximum Gasteiger partial charge on any atom is 0.234 e. The summed E-state index contributed by atoms with van der Waals surface area (Å²) in [4.78, 5) is 11.4. The van der Waals surface area contributed by atoms with Crippen LogP contribution in [0.25, 0.3) is 0 Å². The first-order valence-corrected chi connectivity index (χ1v) is 5.97. The molecule has 0 heterocycles. The van der Waals surface area contributed by atoms with E-state index in [0.717, 1.165) is 13.0 Å². The highest BCUT2D eigenvalue weighted by Crippen LogP contribution is 2.07. The molecule has 0 spiro atoms. The van der Waals surface area contributed by atoms with Gasteiger partial charge in [0, 0.05) is 6.04 Å². The molecule has 3 heteroatoms. The van der Waals surface area contributed by atoms with E-state index in [1.54, 1.807) is 0 Å². The molecule has 1 amide bonds. The number of rotatable bonds is 7. The van der Waals surface area contributed by atoms with Gasteiger partial charge in [-0.05, 0) is 31.7 Å². The number of carbonyl (C=O) groups excluding carboxylic acids is 1. The normalized spacial score (nSPS) is 15.1. The van der Waals surface area contributed by atoms with Crippen LogP contribution in [0.15, 0.2) is 0 Å². The largest absolute Gasteiger partial charge is 0.353 e. The summed E-state index contributed by atoms with van der Waals surface area (Å²) < 4.78 is 0. The van der Waals surface area contributed by atoms with Crippen molar-refractivity contribution in [1.29, 1.82) is 0 Å². The molecule has 0 aliphatic rings. The van der Waals surface area contributed by atoms with Crippen LogP contribution in [-0.2, 0) is 4.79 Å². The monoisotopic (exact) mass is 214 g/mol. The van der Waals surface area contributed by atoms with Crippen molar-refractivity contribution < 1.29 is 4.79 Å². The Bertz CT molecular complexity index is 180. The van der Waals surface area contributed by atoms with Gasteiger partial charge < -0.3 is 10.6 Å². The van der Waals surface area contributed by atoms with Gasteiger partial charge in [0.15, 0.2) is 0 Å². The highest BCUT2D eigenvalue weighted by atomic mass is 16.1. The van der Waals surface area contributed by atoms with Crippen LogP contribution >= 0.6 is 0 Å². The standard InChI is InChI=1S/C12H26N2O/c1-6-11(5)14-12(15)8-13-7-10(4)9(2)3/h9-11,13H,6-8H2,1-5H3,(H,14,15). The number of carbonyl (C=O) groups is 1. The summed E-state index contributed by atoms with van der Waals surface area (Å²) in [7, 11) is 0. The summed E-state index contributed by atoms with van der Waals surface area (Å²) in [5.41, 5.74) is 0. The first-order chi connectivity index (χ1) is 6.97. The Morgan fingerprint density at radius 1 is 1.20 bits per heavy atom. The fraction of sp³-hybridized carbons (Fsp3) is 0.917. The van der Waals surface area contributed by atoms with Crippen molar-refractivity contribution in [2.24, 2.45) is 11.8 Å². The third-order valence-electron chi connectivity index (χ3n) is 2.91. The Morgan fingerprint density at radius 3 is 2.27 bits per heavy atom. The number of nitrogens with one attached hydrogen (secondary N) is 2. The summed E-state index contributed by atoms with van der Waals surface area (Å²) in [6, 6.07) is 0.279. The Hall–Kier alpha value is -0.570. The highest BCUT2D eigenvalue weighted by molar-refractivity contribution is 5.78. The minimum absolute atomic E-state index is 0.0975. The van der Waals surface area contributed by atoms with Crippen molar-refractivity contribution in [1.82, 2.24) is 10.6 Å². The van der Waals surface area contributed by atoms with Gasteiger partial charge >= 0.3 is 0 Å². The van der Waals surface area contributed by atoms with Crippen molar-refractivity contribution in [2.75, 3.05) is 13.1 Å². The van der Waals surface area contributed by atoms with Gasteiger partial charge in [-0.3, -0.25) is 4.79 Å². The van der Waals surface area contributed by atoms with Crippen LogP contribution in [0.4, 0.5) is 0 Å². The lowest BCUT2D eigenvalue weighted by Gasteiger charge is -2.16. The number of hydrogen-bond acceptors (Lipinski definition) is 2. The Morgan fingerprint density at radius 2 is 1.80 bits per heavy atom. The molecule has 0 aromatic carbocycles. The van der Waals surface area contributed by atoms with Crippen molar-refractivity contribution in [3.63, 3.8) is 0 Å². The lowest BCUT2D eigenvalue weighted by molar-refractivity contribution is -0.120. The molecule has 0 aromatic heterocycles. The van der Waals surface area contributed by atoms with E-state index >= 15 is 0 Å². The molecule has 3 nitrogen and oxygen atoms in total. The zero-order chi connectivity index (χ0) is 11.8. The van der Waals surface area contributed by atoms with Crippen LogP contribution in [0.1, 0.15) is 41.0 Å². The van der Waals surface area contributed by atoms with Crippen LogP contribution in [0.2, 0.25) is 0 Å². The Balaban J connectivity index is 3.55. The zero-order valence-electron chi connectivity index (χ0n) is 10.8. The Labute approximate surface area is 94.0 Å². The van der Waals surface area contributed by atoms with E-state index < -0.39 is 0 Å². The first-order valence-electron chi connectivity index (χ1n) is 5.97. The van der Waals surface area contributed by atoms with E-state index in [2.05, 4.69) is 38.3 Å². The SMILES string of the molecule is CCC(C)NC(=O)CNCC(C)C(C)C. The van der Waals surface area contributed by atoms with Crippen LogP contribution in [0.3, 0.4) is 0 Å². The molecule has 0 rings (SSSR count). The topological polar surface area (TPSA) is 41.1 Å². The molecule has 90 valence electrons. The second-order valence-corrected chi connectivity index (χ2v) is 4.73. The van der Waals surface area contributed by atoms with E-state index in [4.69, 9.17) is 0 Å². The lowest BCUT2D eigenvalue weighted by atomic mass is 9.98. The summed E-state index contributed by atoms with van der Waals surface area (Å²) in [5.74, 6) is 1.37. The summed E-state index contributed by atoms with van der Waals surface area (Å²) in [5, 5.41) is 6.11. The second-order valence-electron chi connectivity index (χ2n) is 4.73. The van der Waals surface area contributed by atoms with E-state index in [-0.39, 0.29) is 11.9 Å². The third kappa shape index (κ3) is 7.37. The molecule has 2 unspecified atom stereocenters. The maximum absolute atomic E-state index is 11.4. The Kier molecular flexibility index (Phi) is 7.39. The predicted octanol–water partition coefficient (Wildman–Crippen LogP) is 1.78. The van der Waals surface area contributed by atoms with Crippen molar-refractivity contribution in [3.05, 3.63) is 0 Å². The van der Waals surface area contributed by atoms with Crippen LogP contribution < -0.4 is 10.6 Å². The van der Waals surface area contributed by atoms with Gasteiger partial charge in [0.05, 0.1) is 6.54 Å².